The molecule has 1 aliphatic heterocycles. The Labute approximate surface area is 144 Å². The van der Waals surface area contributed by atoms with E-state index < -0.39 is 0 Å². The van der Waals surface area contributed by atoms with Crippen LogP contribution < -0.4 is 10.9 Å². The number of nitrogens with one attached hydrogen (secondary N) is 1. The lowest BCUT2D eigenvalue weighted by Crippen LogP contribution is -2.42. The highest BCUT2D eigenvalue weighted by Gasteiger charge is 2.25. The summed E-state index contributed by atoms with van der Waals surface area (Å²) in [5.74, 6) is 0. The van der Waals surface area contributed by atoms with Crippen LogP contribution in [-0.2, 0) is 13.0 Å². The highest BCUT2D eigenvalue weighted by Crippen LogP contribution is 2.17. The minimum Gasteiger partial charge on any atom is -0.320 e. The van der Waals surface area contributed by atoms with Crippen molar-refractivity contribution in [2.45, 2.75) is 19.9 Å². The van der Waals surface area contributed by atoms with Crippen molar-refractivity contribution >= 4 is 17.4 Å². The summed E-state index contributed by atoms with van der Waals surface area (Å²) >= 11 is 0. The molecule has 3 heterocycles. The Morgan fingerprint density at radius 2 is 1.92 bits per heavy atom. The molecule has 1 aliphatic rings. The van der Waals surface area contributed by atoms with Crippen LogP contribution in [0.4, 0.5) is 10.5 Å². The summed E-state index contributed by atoms with van der Waals surface area (Å²) in [5, 5.41) is 2.87. The number of carbonyl (C=O) groups is 1. The molecule has 2 amide bonds. The molecule has 1 aromatic carbocycles. The van der Waals surface area contributed by atoms with Crippen molar-refractivity contribution in [1.82, 2.24) is 14.3 Å². The molecule has 0 fully saturated rings. The van der Waals surface area contributed by atoms with Crippen LogP contribution in [0, 0.1) is 6.92 Å². The summed E-state index contributed by atoms with van der Waals surface area (Å²) < 4.78 is 1.61. The van der Waals surface area contributed by atoms with E-state index in [0.717, 1.165) is 17.1 Å². The zero-order valence-corrected chi connectivity index (χ0v) is 13.9. The summed E-state index contributed by atoms with van der Waals surface area (Å²) in [6, 6.07) is 14.7. The molecule has 0 bridgehead atoms. The number of para-hydroxylation sites is 1. The average Bonchev–Trinajstić information content (AvgIpc) is 2.62. The number of aromatic nitrogens is 2. The molecular weight excluding hydrogens is 316 g/mol. The second-order valence-electron chi connectivity index (χ2n) is 6.17. The van der Waals surface area contributed by atoms with Gasteiger partial charge in [-0.05, 0) is 31.2 Å². The lowest BCUT2D eigenvalue weighted by molar-refractivity contribution is 0.205. The molecule has 126 valence electrons. The van der Waals surface area contributed by atoms with E-state index in [-0.39, 0.29) is 18.1 Å². The van der Waals surface area contributed by atoms with Gasteiger partial charge in [0.15, 0.2) is 0 Å². The number of benzene rings is 1. The number of pyridine rings is 1. The first-order chi connectivity index (χ1) is 12.1. The summed E-state index contributed by atoms with van der Waals surface area (Å²) in [6.45, 7) is 2.70. The molecule has 4 rings (SSSR count). The second kappa shape index (κ2) is 6.05. The molecule has 0 spiro atoms. The highest BCUT2D eigenvalue weighted by atomic mass is 16.2. The Kier molecular flexibility index (Phi) is 3.72. The van der Waals surface area contributed by atoms with Crippen molar-refractivity contribution in [2.24, 2.45) is 0 Å². The molecule has 0 unspecified atom stereocenters. The minimum absolute atomic E-state index is 0.0877. The Morgan fingerprint density at radius 3 is 2.72 bits per heavy atom. The largest absolute Gasteiger partial charge is 0.322 e. The van der Waals surface area contributed by atoms with Gasteiger partial charge in [-0.15, -0.1) is 0 Å². The van der Waals surface area contributed by atoms with Crippen LogP contribution >= 0.6 is 0 Å². The van der Waals surface area contributed by atoms with Crippen LogP contribution in [0.3, 0.4) is 0 Å². The van der Waals surface area contributed by atoms with Gasteiger partial charge in [0.25, 0.3) is 5.56 Å². The molecule has 0 saturated heterocycles. The van der Waals surface area contributed by atoms with Gasteiger partial charge in [-0.25, -0.2) is 9.78 Å². The van der Waals surface area contributed by atoms with Gasteiger partial charge < -0.3 is 10.2 Å². The first-order valence-corrected chi connectivity index (χ1v) is 8.24. The monoisotopic (exact) mass is 334 g/mol. The third kappa shape index (κ3) is 2.76. The van der Waals surface area contributed by atoms with Crippen molar-refractivity contribution in [2.75, 3.05) is 11.9 Å². The SMILES string of the molecule is Cc1cccc2nc3c(c(=O)n12)CN(C(=O)Nc1ccccc1)CC3. The number of amides is 2. The number of aryl methyl sites for hydroxylation is 1. The van der Waals surface area contributed by atoms with Gasteiger partial charge >= 0.3 is 6.03 Å². The Hall–Kier alpha value is -3.15. The Balaban J connectivity index is 1.66. The van der Waals surface area contributed by atoms with E-state index in [0.29, 0.717) is 24.2 Å². The maximum absolute atomic E-state index is 12.9. The predicted molar refractivity (Wildman–Crippen MR) is 95.8 cm³/mol. The standard InChI is InChI=1S/C19H18N4O2/c1-13-6-5-9-17-21-16-10-11-22(12-15(16)18(24)23(13)17)19(25)20-14-7-3-2-4-8-14/h2-9H,10-12H2,1H3,(H,20,25). The normalized spacial score (nSPS) is 13.6. The lowest BCUT2D eigenvalue weighted by Gasteiger charge is -2.28. The van der Waals surface area contributed by atoms with Crippen molar-refractivity contribution in [1.29, 1.82) is 0 Å². The molecule has 0 saturated carbocycles. The molecule has 6 heteroatoms. The average molecular weight is 334 g/mol. The van der Waals surface area contributed by atoms with E-state index >= 15 is 0 Å². The third-order valence-corrected chi connectivity index (χ3v) is 4.50. The van der Waals surface area contributed by atoms with Crippen molar-refractivity contribution < 1.29 is 4.79 Å². The van der Waals surface area contributed by atoms with E-state index in [1.165, 1.54) is 0 Å². The van der Waals surface area contributed by atoms with E-state index in [1.54, 1.807) is 9.30 Å². The van der Waals surface area contributed by atoms with Crippen molar-refractivity contribution in [3.8, 4) is 0 Å². The summed E-state index contributed by atoms with van der Waals surface area (Å²) in [4.78, 5) is 31.7. The fourth-order valence-electron chi connectivity index (χ4n) is 3.19. The first-order valence-electron chi connectivity index (χ1n) is 8.24. The maximum atomic E-state index is 12.9. The van der Waals surface area contributed by atoms with Gasteiger partial charge in [0.1, 0.15) is 5.65 Å². The molecule has 25 heavy (non-hydrogen) atoms. The zero-order valence-electron chi connectivity index (χ0n) is 13.9. The van der Waals surface area contributed by atoms with Gasteiger partial charge in [0.2, 0.25) is 0 Å². The van der Waals surface area contributed by atoms with Gasteiger partial charge in [0, 0.05) is 24.3 Å². The predicted octanol–water partition coefficient (Wildman–Crippen LogP) is 2.59. The number of urea groups is 1. The van der Waals surface area contributed by atoms with Crippen molar-refractivity contribution in [3.05, 3.63) is 75.8 Å². The molecule has 6 nitrogen and oxygen atoms in total. The van der Waals surface area contributed by atoms with Crippen LogP contribution in [0.15, 0.2) is 53.3 Å². The van der Waals surface area contributed by atoms with Crippen LogP contribution in [0.25, 0.3) is 5.65 Å². The highest BCUT2D eigenvalue weighted by molar-refractivity contribution is 5.89. The number of hydrogen-bond donors (Lipinski definition) is 1. The third-order valence-electron chi connectivity index (χ3n) is 4.50. The van der Waals surface area contributed by atoms with Crippen molar-refractivity contribution in [3.63, 3.8) is 0 Å². The molecular formula is C19H18N4O2. The maximum Gasteiger partial charge on any atom is 0.322 e. The zero-order chi connectivity index (χ0) is 17.4. The van der Waals surface area contributed by atoms with Crippen LogP contribution in [0.1, 0.15) is 17.0 Å². The number of hydrogen-bond acceptors (Lipinski definition) is 3. The molecule has 1 N–H and O–H groups in total. The fourth-order valence-corrected chi connectivity index (χ4v) is 3.19. The summed E-state index contributed by atoms with van der Waals surface area (Å²) in [6.07, 6.45) is 0.581. The number of fused-ring (bicyclic) bond motifs is 2. The van der Waals surface area contributed by atoms with Crippen LogP contribution in [0.2, 0.25) is 0 Å². The van der Waals surface area contributed by atoms with Gasteiger partial charge in [-0.3, -0.25) is 9.20 Å². The number of nitrogens with zero attached hydrogens (tertiary/aromatic N) is 3. The van der Waals surface area contributed by atoms with Crippen LogP contribution in [0.5, 0.6) is 0 Å². The van der Waals surface area contributed by atoms with Crippen LogP contribution in [-0.4, -0.2) is 26.9 Å². The number of anilines is 1. The molecule has 0 atom stereocenters. The van der Waals surface area contributed by atoms with E-state index in [1.807, 2.05) is 55.5 Å². The Bertz CT molecular complexity index is 1010. The molecule has 0 aliphatic carbocycles. The number of carbonyl (C=O) groups excluding carboxylic acids is 1. The minimum atomic E-state index is -0.203. The van der Waals surface area contributed by atoms with Gasteiger partial charge in [0.05, 0.1) is 17.8 Å². The Morgan fingerprint density at radius 1 is 1.12 bits per heavy atom. The molecule has 0 radical (unpaired) electrons. The summed E-state index contributed by atoms with van der Waals surface area (Å²) in [7, 11) is 0. The smallest absolute Gasteiger partial charge is 0.320 e. The topological polar surface area (TPSA) is 66.7 Å². The first kappa shape index (κ1) is 15.4. The molecule has 3 aromatic rings. The summed E-state index contributed by atoms with van der Waals surface area (Å²) in [5.41, 5.74) is 3.54. The van der Waals surface area contributed by atoms with Gasteiger partial charge in [-0.1, -0.05) is 24.3 Å². The van der Waals surface area contributed by atoms with E-state index in [4.69, 9.17) is 0 Å². The molecule has 2 aromatic heterocycles. The quantitative estimate of drug-likeness (QED) is 0.744. The number of rotatable bonds is 1. The fraction of sp³-hybridized carbons (Fsp3) is 0.211. The van der Waals surface area contributed by atoms with Gasteiger partial charge in [-0.2, -0.15) is 0 Å². The lowest BCUT2D eigenvalue weighted by atomic mass is 10.1. The van der Waals surface area contributed by atoms with E-state index in [2.05, 4.69) is 10.3 Å². The van der Waals surface area contributed by atoms with E-state index in [9.17, 15) is 9.59 Å². The second-order valence-corrected chi connectivity index (χ2v) is 6.17.